The number of rotatable bonds is 0. The summed E-state index contributed by atoms with van der Waals surface area (Å²) in [6, 6.07) is 0. The molecule has 0 amide bonds. The topological polar surface area (TPSA) is 3.24 Å². The summed E-state index contributed by atoms with van der Waals surface area (Å²) in [5.41, 5.74) is 0.957. The zero-order chi connectivity index (χ0) is 9.41. The monoisotopic (exact) mass is 169 g/mol. The van der Waals surface area contributed by atoms with E-state index in [2.05, 4.69) is 39.5 Å². The smallest absolute Gasteiger partial charge is 0.0125 e. The lowest BCUT2D eigenvalue weighted by molar-refractivity contribution is 0.0591. The van der Waals surface area contributed by atoms with E-state index in [-0.39, 0.29) is 0 Å². The van der Waals surface area contributed by atoms with Gasteiger partial charge in [-0.25, -0.2) is 0 Å². The SMILES string of the molecule is CC1(C)CCN(C(C)(C)C)CC1. The Morgan fingerprint density at radius 3 is 1.75 bits per heavy atom. The first-order chi connectivity index (χ1) is 5.31. The second-order valence-corrected chi connectivity index (χ2v) is 5.82. The summed E-state index contributed by atoms with van der Waals surface area (Å²) in [4.78, 5) is 2.60. The van der Waals surface area contributed by atoms with Crippen molar-refractivity contribution < 1.29 is 0 Å². The van der Waals surface area contributed by atoms with Crippen molar-refractivity contribution in [2.24, 2.45) is 5.41 Å². The molecule has 0 aromatic carbocycles. The van der Waals surface area contributed by atoms with Gasteiger partial charge in [0, 0.05) is 5.54 Å². The third kappa shape index (κ3) is 2.48. The molecule has 0 aromatic heterocycles. The molecule has 1 saturated heterocycles. The van der Waals surface area contributed by atoms with Gasteiger partial charge in [-0.1, -0.05) is 13.8 Å². The molecule has 1 aliphatic heterocycles. The predicted octanol–water partition coefficient (Wildman–Crippen LogP) is 2.91. The van der Waals surface area contributed by atoms with Crippen LogP contribution in [0.3, 0.4) is 0 Å². The van der Waals surface area contributed by atoms with Crippen molar-refractivity contribution in [1.29, 1.82) is 0 Å². The van der Waals surface area contributed by atoms with Crippen LogP contribution in [-0.4, -0.2) is 23.5 Å². The molecule has 0 bridgehead atoms. The van der Waals surface area contributed by atoms with Crippen LogP contribution in [0.15, 0.2) is 0 Å². The first kappa shape index (κ1) is 10.0. The number of piperidine rings is 1. The average molecular weight is 169 g/mol. The summed E-state index contributed by atoms with van der Waals surface area (Å²) in [6.45, 7) is 14.2. The van der Waals surface area contributed by atoms with Crippen LogP contribution >= 0.6 is 0 Å². The zero-order valence-electron chi connectivity index (χ0n) is 9.28. The molecule has 1 heteroatoms. The van der Waals surface area contributed by atoms with Crippen LogP contribution < -0.4 is 0 Å². The molecule has 1 fully saturated rings. The molecule has 0 N–H and O–H groups in total. The second kappa shape index (κ2) is 3.02. The summed E-state index contributed by atoms with van der Waals surface area (Å²) in [7, 11) is 0. The van der Waals surface area contributed by atoms with Crippen molar-refractivity contribution >= 4 is 0 Å². The lowest BCUT2D eigenvalue weighted by Crippen LogP contribution is -2.47. The summed E-state index contributed by atoms with van der Waals surface area (Å²) in [5, 5.41) is 0. The van der Waals surface area contributed by atoms with E-state index in [9.17, 15) is 0 Å². The van der Waals surface area contributed by atoms with Crippen molar-refractivity contribution in [3.05, 3.63) is 0 Å². The van der Waals surface area contributed by atoms with Crippen LogP contribution in [0.1, 0.15) is 47.5 Å². The van der Waals surface area contributed by atoms with Crippen LogP contribution in [0.4, 0.5) is 0 Å². The maximum atomic E-state index is 2.60. The van der Waals surface area contributed by atoms with E-state index in [0.29, 0.717) is 11.0 Å². The van der Waals surface area contributed by atoms with Crippen molar-refractivity contribution in [1.82, 2.24) is 4.90 Å². The lowest BCUT2D eigenvalue weighted by Gasteiger charge is -2.43. The molecule has 72 valence electrons. The first-order valence-electron chi connectivity index (χ1n) is 5.06. The Kier molecular flexibility index (Phi) is 2.53. The van der Waals surface area contributed by atoms with Gasteiger partial charge in [-0.15, -0.1) is 0 Å². The highest BCUT2D eigenvalue weighted by atomic mass is 15.2. The molecule has 0 radical (unpaired) electrons. The minimum Gasteiger partial charge on any atom is -0.298 e. The highest BCUT2D eigenvalue weighted by molar-refractivity contribution is 4.84. The van der Waals surface area contributed by atoms with E-state index < -0.39 is 0 Å². The lowest BCUT2D eigenvalue weighted by atomic mass is 9.81. The van der Waals surface area contributed by atoms with E-state index >= 15 is 0 Å². The molecular weight excluding hydrogens is 146 g/mol. The predicted molar refractivity (Wildman–Crippen MR) is 54.3 cm³/mol. The van der Waals surface area contributed by atoms with Gasteiger partial charge in [-0.3, -0.25) is 4.90 Å². The van der Waals surface area contributed by atoms with Crippen molar-refractivity contribution in [3.63, 3.8) is 0 Å². The molecular formula is C11H23N. The minimum atomic E-state index is 0.372. The maximum absolute atomic E-state index is 2.60. The van der Waals surface area contributed by atoms with Crippen molar-refractivity contribution in [2.75, 3.05) is 13.1 Å². The van der Waals surface area contributed by atoms with Gasteiger partial charge in [0.15, 0.2) is 0 Å². The highest BCUT2D eigenvalue weighted by Crippen LogP contribution is 2.32. The Morgan fingerprint density at radius 2 is 1.42 bits per heavy atom. The standard InChI is InChI=1S/C11H23N/c1-10(2,3)12-8-6-11(4,5)7-9-12/h6-9H2,1-5H3. The highest BCUT2D eigenvalue weighted by Gasteiger charge is 2.30. The molecule has 1 rings (SSSR count). The normalized spacial score (nSPS) is 25.8. The second-order valence-electron chi connectivity index (χ2n) is 5.82. The van der Waals surface area contributed by atoms with Crippen LogP contribution in [0.5, 0.6) is 0 Å². The third-order valence-corrected chi connectivity index (χ3v) is 3.07. The third-order valence-electron chi connectivity index (χ3n) is 3.07. The molecule has 1 heterocycles. The summed E-state index contributed by atoms with van der Waals surface area (Å²) >= 11 is 0. The van der Waals surface area contributed by atoms with Crippen LogP contribution in [0.2, 0.25) is 0 Å². The molecule has 0 saturated carbocycles. The van der Waals surface area contributed by atoms with E-state index in [0.717, 1.165) is 0 Å². The van der Waals surface area contributed by atoms with Crippen molar-refractivity contribution in [2.45, 2.75) is 53.0 Å². The van der Waals surface area contributed by atoms with Gasteiger partial charge in [0.1, 0.15) is 0 Å². The number of hydrogen-bond donors (Lipinski definition) is 0. The Balaban J connectivity index is 2.47. The van der Waals surface area contributed by atoms with Gasteiger partial charge >= 0.3 is 0 Å². The zero-order valence-corrected chi connectivity index (χ0v) is 9.28. The van der Waals surface area contributed by atoms with Gasteiger partial charge in [0.2, 0.25) is 0 Å². The van der Waals surface area contributed by atoms with Crippen LogP contribution in [0, 0.1) is 5.41 Å². The van der Waals surface area contributed by atoms with Gasteiger partial charge < -0.3 is 0 Å². The molecule has 12 heavy (non-hydrogen) atoms. The number of hydrogen-bond acceptors (Lipinski definition) is 1. The Hall–Kier alpha value is -0.0400. The Morgan fingerprint density at radius 1 is 1.00 bits per heavy atom. The van der Waals surface area contributed by atoms with Crippen molar-refractivity contribution in [3.8, 4) is 0 Å². The Bertz CT molecular complexity index is 143. The summed E-state index contributed by atoms with van der Waals surface area (Å²) in [5.74, 6) is 0. The van der Waals surface area contributed by atoms with Gasteiger partial charge in [0.25, 0.3) is 0 Å². The molecule has 0 atom stereocenters. The fourth-order valence-electron chi connectivity index (χ4n) is 1.78. The molecule has 0 spiro atoms. The largest absolute Gasteiger partial charge is 0.298 e. The maximum Gasteiger partial charge on any atom is 0.0125 e. The van der Waals surface area contributed by atoms with E-state index in [4.69, 9.17) is 0 Å². The summed E-state index contributed by atoms with van der Waals surface area (Å²) < 4.78 is 0. The van der Waals surface area contributed by atoms with Crippen LogP contribution in [-0.2, 0) is 0 Å². The van der Waals surface area contributed by atoms with E-state index in [1.165, 1.54) is 25.9 Å². The molecule has 1 nitrogen and oxygen atoms in total. The molecule has 0 aliphatic carbocycles. The Labute approximate surface area is 77.1 Å². The average Bonchev–Trinajstić information content (AvgIpc) is 1.83. The fraction of sp³-hybridized carbons (Fsp3) is 1.00. The quantitative estimate of drug-likeness (QED) is 0.539. The summed E-state index contributed by atoms with van der Waals surface area (Å²) in [6.07, 6.45) is 2.70. The minimum absolute atomic E-state index is 0.372. The first-order valence-corrected chi connectivity index (χ1v) is 5.06. The fourth-order valence-corrected chi connectivity index (χ4v) is 1.78. The van der Waals surface area contributed by atoms with E-state index in [1.54, 1.807) is 0 Å². The van der Waals surface area contributed by atoms with Gasteiger partial charge in [0.05, 0.1) is 0 Å². The van der Waals surface area contributed by atoms with Gasteiger partial charge in [-0.2, -0.15) is 0 Å². The number of nitrogens with zero attached hydrogens (tertiary/aromatic N) is 1. The van der Waals surface area contributed by atoms with Crippen LogP contribution in [0.25, 0.3) is 0 Å². The molecule has 0 unspecified atom stereocenters. The molecule has 0 aromatic rings. The van der Waals surface area contributed by atoms with Gasteiger partial charge in [-0.05, 0) is 52.1 Å². The van der Waals surface area contributed by atoms with E-state index in [1.807, 2.05) is 0 Å². The molecule has 1 aliphatic rings. The number of likely N-dealkylation sites (tertiary alicyclic amines) is 1.